The van der Waals surface area contributed by atoms with Gasteiger partial charge in [-0.15, -0.1) is 0 Å². The zero-order chi connectivity index (χ0) is 16.0. The topological polar surface area (TPSA) is 95.9 Å². The lowest BCUT2D eigenvalue weighted by atomic mass is 10.0. The van der Waals surface area contributed by atoms with Crippen LogP contribution in [-0.2, 0) is 9.59 Å². The Kier molecular flexibility index (Phi) is 6.10. The quantitative estimate of drug-likeness (QED) is 0.678. The van der Waals surface area contributed by atoms with Crippen molar-refractivity contribution < 1.29 is 28.9 Å². The predicted molar refractivity (Wildman–Crippen MR) is 75.5 cm³/mol. The maximum Gasteiger partial charge on any atom is 0.306 e. The van der Waals surface area contributed by atoms with E-state index >= 15 is 0 Å². The van der Waals surface area contributed by atoms with E-state index in [2.05, 4.69) is 21.2 Å². The summed E-state index contributed by atoms with van der Waals surface area (Å²) in [5, 5.41) is 20.6. The zero-order valence-corrected chi connectivity index (χ0v) is 12.8. The van der Waals surface area contributed by atoms with Crippen LogP contribution in [0.3, 0.4) is 0 Å². The average molecular weight is 364 g/mol. The van der Waals surface area contributed by atoms with Crippen molar-refractivity contribution in [1.29, 1.82) is 0 Å². The molecule has 0 saturated carbocycles. The molecule has 0 aromatic heterocycles. The second-order valence-electron chi connectivity index (χ2n) is 4.71. The second-order valence-corrected chi connectivity index (χ2v) is 5.62. The van der Waals surface area contributed by atoms with E-state index in [9.17, 15) is 19.1 Å². The minimum absolute atomic E-state index is 0.0781. The van der Waals surface area contributed by atoms with Crippen LogP contribution in [0, 0.1) is 5.82 Å². The van der Waals surface area contributed by atoms with Crippen LogP contribution in [0.25, 0.3) is 0 Å². The van der Waals surface area contributed by atoms with Crippen LogP contribution in [0.15, 0.2) is 22.7 Å². The van der Waals surface area contributed by atoms with Crippen molar-refractivity contribution in [1.82, 2.24) is 5.32 Å². The average Bonchev–Trinajstić information content (AvgIpc) is 2.34. The third-order valence-corrected chi connectivity index (χ3v) is 2.94. The number of amides is 1. The first kappa shape index (κ1) is 17.4. The van der Waals surface area contributed by atoms with Crippen molar-refractivity contribution in [3.8, 4) is 5.75 Å². The molecule has 21 heavy (non-hydrogen) atoms. The van der Waals surface area contributed by atoms with Gasteiger partial charge in [0.25, 0.3) is 5.91 Å². The number of carbonyl (C=O) groups excluding carboxylic acids is 1. The van der Waals surface area contributed by atoms with E-state index in [1.54, 1.807) is 6.07 Å². The summed E-state index contributed by atoms with van der Waals surface area (Å²) >= 11 is 3.09. The molecule has 0 aliphatic rings. The van der Waals surface area contributed by atoms with Gasteiger partial charge in [0.1, 0.15) is 0 Å². The van der Waals surface area contributed by atoms with Gasteiger partial charge < -0.3 is 20.3 Å². The fourth-order valence-corrected chi connectivity index (χ4v) is 1.80. The molecule has 0 heterocycles. The molecule has 1 amide bonds. The summed E-state index contributed by atoms with van der Waals surface area (Å²) in [5.41, 5.74) is -1.57. The summed E-state index contributed by atoms with van der Waals surface area (Å²) in [7, 11) is 0. The zero-order valence-electron chi connectivity index (χ0n) is 11.2. The van der Waals surface area contributed by atoms with E-state index in [1.807, 2.05) is 0 Å². The van der Waals surface area contributed by atoms with Crippen LogP contribution < -0.4 is 10.1 Å². The number of rotatable bonds is 7. The minimum atomic E-state index is -1.57. The molecule has 6 nitrogen and oxygen atoms in total. The number of aliphatic hydroxyl groups is 1. The molecule has 1 unspecified atom stereocenters. The molecule has 3 N–H and O–H groups in total. The van der Waals surface area contributed by atoms with Gasteiger partial charge in [-0.05, 0) is 25.1 Å². The van der Waals surface area contributed by atoms with Gasteiger partial charge in [-0.3, -0.25) is 9.59 Å². The van der Waals surface area contributed by atoms with Gasteiger partial charge in [-0.25, -0.2) is 4.39 Å². The summed E-state index contributed by atoms with van der Waals surface area (Å²) < 4.78 is 19.0. The Bertz CT molecular complexity index is 535. The number of carbonyl (C=O) groups is 2. The standard InChI is InChI=1S/C13H15BrFNO5/c1-13(20,5-12(18)19)7-16-11(17)6-21-10-3-2-8(14)4-9(10)15/h2-4,20H,5-7H2,1H3,(H,16,17)(H,18,19). The normalized spacial score (nSPS) is 13.3. The Morgan fingerprint density at radius 2 is 2.14 bits per heavy atom. The molecule has 1 rings (SSSR count). The molecule has 1 atom stereocenters. The van der Waals surface area contributed by atoms with Crippen LogP contribution >= 0.6 is 15.9 Å². The van der Waals surface area contributed by atoms with E-state index in [1.165, 1.54) is 19.1 Å². The summed E-state index contributed by atoms with van der Waals surface area (Å²) in [6.07, 6.45) is -0.504. The Balaban J connectivity index is 2.42. The SMILES string of the molecule is CC(O)(CNC(=O)COc1ccc(Br)cc1F)CC(=O)O. The fourth-order valence-electron chi connectivity index (χ4n) is 1.46. The van der Waals surface area contributed by atoms with Crippen LogP contribution in [0.2, 0.25) is 0 Å². The molecule has 0 aliphatic heterocycles. The van der Waals surface area contributed by atoms with Gasteiger partial charge in [-0.1, -0.05) is 15.9 Å². The molecule has 0 fully saturated rings. The minimum Gasteiger partial charge on any atom is -0.481 e. The molecule has 0 radical (unpaired) electrons. The third kappa shape index (κ3) is 6.54. The molecule has 0 saturated heterocycles. The van der Waals surface area contributed by atoms with Crippen LogP contribution in [0.1, 0.15) is 13.3 Å². The van der Waals surface area contributed by atoms with Crippen molar-refractivity contribution >= 4 is 27.8 Å². The first-order valence-electron chi connectivity index (χ1n) is 5.98. The van der Waals surface area contributed by atoms with Gasteiger partial charge in [0.15, 0.2) is 18.2 Å². The number of ether oxygens (including phenoxy) is 1. The number of benzene rings is 1. The summed E-state index contributed by atoms with van der Waals surface area (Å²) in [6.45, 7) is 0.600. The number of halogens is 2. The Morgan fingerprint density at radius 1 is 1.48 bits per heavy atom. The summed E-state index contributed by atoms with van der Waals surface area (Å²) in [4.78, 5) is 22.0. The first-order chi connectivity index (χ1) is 9.69. The Labute approximate surface area is 129 Å². The van der Waals surface area contributed by atoms with Crippen molar-refractivity contribution in [2.24, 2.45) is 0 Å². The highest BCUT2D eigenvalue weighted by Crippen LogP contribution is 2.21. The number of hydrogen-bond acceptors (Lipinski definition) is 4. The Morgan fingerprint density at radius 3 is 2.71 bits per heavy atom. The molecule has 1 aromatic carbocycles. The first-order valence-corrected chi connectivity index (χ1v) is 6.78. The molecule has 1 aromatic rings. The number of nitrogens with one attached hydrogen (secondary N) is 1. The second kappa shape index (κ2) is 7.37. The number of hydrogen-bond donors (Lipinski definition) is 3. The molecule has 0 aliphatic carbocycles. The molecule has 8 heteroatoms. The van der Waals surface area contributed by atoms with Gasteiger partial charge in [-0.2, -0.15) is 0 Å². The number of carboxylic acids is 1. The number of aliphatic carboxylic acids is 1. The van der Waals surface area contributed by atoms with Gasteiger partial charge in [0, 0.05) is 11.0 Å². The van der Waals surface area contributed by atoms with Gasteiger partial charge >= 0.3 is 5.97 Å². The Hall–Kier alpha value is -1.67. The highest BCUT2D eigenvalue weighted by Gasteiger charge is 2.24. The van der Waals surface area contributed by atoms with E-state index < -0.39 is 36.3 Å². The maximum absolute atomic E-state index is 13.4. The smallest absolute Gasteiger partial charge is 0.306 e. The molecule has 0 spiro atoms. The van der Waals surface area contributed by atoms with E-state index in [0.29, 0.717) is 4.47 Å². The fraction of sp³-hybridized carbons (Fsp3) is 0.385. The van der Waals surface area contributed by atoms with Crippen LogP contribution in [0.5, 0.6) is 5.75 Å². The number of carboxylic acid groups (broad SMARTS) is 1. The van der Waals surface area contributed by atoms with E-state index in [0.717, 1.165) is 0 Å². The van der Waals surface area contributed by atoms with Crippen molar-refractivity contribution in [2.45, 2.75) is 18.9 Å². The van der Waals surface area contributed by atoms with E-state index in [4.69, 9.17) is 9.84 Å². The lowest BCUT2D eigenvalue weighted by Gasteiger charge is -2.21. The van der Waals surface area contributed by atoms with E-state index in [-0.39, 0.29) is 12.3 Å². The van der Waals surface area contributed by atoms with Crippen LogP contribution in [-0.4, -0.2) is 40.8 Å². The largest absolute Gasteiger partial charge is 0.481 e. The van der Waals surface area contributed by atoms with Crippen molar-refractivity contribution in [2.75, 3.05) is 13.2 Å². The molecule has 116 valence electrons. The van der Waals surface area contributed by atoms with Gasteiger partial charge in [0.05, 0.1) is 12.0 Å². The monoisotopic (exact) mass is 363 g/mol. The van der Waals surface area contributed by atoms with Crippen LogP contribution in [0.4, 0.5) is 4.39 Å². The molecular weight excluding hydrogens is 349 g/mol. The summed E-state index contributed by atoms with van der Waals surface area (Å²) in [5.74, 6) is -2.47. The predicted octanol–water partition coefficient (Wildman–Crippen LogP) is 1.31. The summed E-state index contributed by atoms with van der Waals surface area (Å²) in [6, 6.07) is 4.13. The molecular formula is C13H15BrFNO5. The van der Waals surface area contributed by atoms with Crippen molar-refractivity contribution in [3.63, 3.8) is 0 Å². The van der Waals surface area contributed by atoms with Crippen molar-refractivity contribution in [3.05, 3.63) is 28.5 Å². The maximum atomic E-state index is 13.4. The third-order valence-electron chi connectivity index (χ3n) is 2.45. The lowest BCUT2D eigenvalue weighted by Crippen LogP contribution is -2.43. The highest BCUT2D eigenvalue weighted by molar-refractivity contribution is 9.10. The van der Waals surface area contributed by atoms with Gasteiger partial charge in [0.2, 0.25) is 0 Å². The molecule has 0 bridgehead atoms. The lowest BCUT2D eigenvalue weighted by molar-refractivity contribution is -0.142. The highest BCUT2D eigenvalue weighted by atomic mass is 79.9.